The highest BCUT2D eigenvalue weighted by atomic mass is 16.2. The normalized spacial score (nSPS) is 14.7. The number of nitrogens with two attached hydrogens (primary N) is 2. The Kier molecular flexibility index (Phi) is 5.06. The van der Waals surface area contributed by atoms with E-state index in [4.69, 9.17) is 11.5 Å². The maximum absolute atomic E-state index is 11.2. The van der Waals surface area contributed by atoms with Crippen molar-refractivity contribution in [1.82, 2.24) is 5.32 Å². The van der Waals surface area contributed by atoms with E-state index in [-0.39, 0.29) is 24.3 Å². The summed E-state index contributed by atoms with van der Waals surface area (Å²) in [6.45, 7) is 3.97. The van der Waals surface area contributed by atoms with Crippen molar-refractivity contribution in [3.05, 3.63) is 0 Å². The van der Waals surface area contributed by atoms with E-state index in [1.807, 2.05) is 0 Å². The summed E-state index contributed by atoms with van der Waals surface area (Å²) < 4.78 is 0. The maximum atomic E-state index is 11.2. The number of nitrogens with one attached hydrogen (secondary N) is 1. The Labute approximate surface area is 77.8 Å². The van der Waals surface area contributed by atoms with E-state index in [1.165, 1.54) is 0 Å². The van der Waals surface area contributed by atoms with E-state index in [9.17, 15) is 9.59 Å². The van der Waals surface area contributed by atoms with Crippen LogP contribution >= 0.6 is 0 Å². The lowest BCUT2D eigenvalue weighted by molar-refractivity contribution is -0.125. The third-order valence-electron chi connectivity index (χ3n) is 1.87. The summed E-state index contributed by atoms with van der Waals surface area (Å²) in [6.07, 6.45) is 0. The zero-order chi connectivity index (χ0) is 10.4. The molecule has 0 spiro atoms. The average Bonchev–Trinajstić information content (AvgIpc) is 2.11. The van der Waals surface area contributed by atoms with Crippen LogP contribution in [-0.4, -0.2) is 24.9 Å². The number of primary amides is 1. The van der Waals surface area contributed by atoms with Crippen molar-refractivity contribution >= 4 is 11.8 Å². The molecular formula is C8H17N3O2. The number of hydrogen-bond acceptors (Lipinski definition) is 3. The Morgan fingerprint density at radius 2 is 1.85 bits per heavy atom. The number of amides is 2. The first kappa shape index (κ1) is 11.9. The standard InChI is InChI=1S/C8H17N3O2/c1-5(3-9)8(13)11-4-6(2)7(10)12/h5-6H,3-4,9H2,1-2H3,(H2,10,12)(H,11,13). The van der Waals surface area contributed by atoms with E-state index in [0.29, 0.717) is 6.54 Å². The summed E-state index contributed by atoms with van der Waals surface area (Å²) in [5.74, 6) is -1.12. The van der Waals surface area contributed by atoms with Crippen LogP contribution in [-0.2, 0) is 9.59 Å². The largest absolute Gasteiger partial charge is 0.369 e. The molecule has 13 heavy (non-hydrogen) atoms. The van der Waals surface area contributed by atoms with Crippen LogP contribution in [0.15, 0.2) is 0 Å². The molecule has 5 nitrogen and oxygen atoms in total. The molecule has 0 aromatic heterocycles. The van der Waals surface area contributed by atoms with Crippen LogP contribution in [0.25, 0.3) is 0 Å². The zero-order valence-corrected chi connectivity index (χ0v) is 8.04. The molecule has 0 aliphatic carbocycles. The molecule has 76 valence electrons. The summed E-state index contributed by atoms with van der Waals surface area (Å²) in [5, 5.41) is 2.59. The molecule has 0 aromatic carbocycles. The van der Waals surface area contributed by atoms with Gasteiger partial charge in [-0.3, -0.25) is 9.59 Å². The molecule has 5 heteroatoms. The smallest absolute Gasteiger partial charge is 0.224 e. The van der Waals surface area contributed by atoms with Gasteiger partial charge >= 0.3 is 0 Å². The van der Waals surface area contributed by atoms with Gasteiger partial charge in [-0.2, -0.15) is 0 Å². The van der Waals surface area contributed by atoms with Crippen molar-refractivity contribution in [2.24, 2.45) is 23.3 Å². The van der Waals surface area contributed by atoms with Crippen LogP contribution in [0.5, 0.6) is 0 Å². The topological polar surface area (TPSA) is 98.2 Å². The maximum Gasteiger partial charge on any atom is 0.224 e. The first-order valence-electron chi connectivity index (χ1n) is 4.26. The molecule has 0 radical (unpaired) electrons. The zero-order valence-electron chi connectivity index (χ0n) is 8.04. The molecule has 2 unspecified atom stereocenters. The SMILES string of the molecule is CC(CNC(=O)C(C)CN)C(N)=O. The molecular weight excluding hydrogens is 170 g/mol. The van der Waals surface area contributed by atoms with E-state index in [1.54, 1.807) is 13.8 Å². The molecule has 0 rings (SSSR count). The van der Waals surface area contributed by atoms with Gasteiger partial charge in [0.25, 0.3) is 0 Å². The van der Waals surface area contributed by atoms with Gasteiger partial charge in [0, 0.05) is 19.0 Å². The molecule has 2 amide bonds. The second-order valence-electron chi connectivity index (χ2n) is 3.19. The summed E-state index contributed by atoms with van der Waals surface area (Å²) in [7, 11) is 0. The summed E-state index contributed by atoms with van der Waals surface area (Å²) >= 11 is 0. The minimum atomic E-state index is -0.416. The van der Waals surface area contributed by atoms with Crippen LogP contribution in [0.1, 0.15) is 13.8 Å². The lowest BCUT2D eigenvalue weighted by Crippen LogP contribution is -2.38. The van der Waals surface area contributed by atoms with Gasteiger partial charge in [-0.25, -0.2) is 0 Å². The Hall–Kier alpha value is -1.10. The minimum Gasteiger partial charge on any atom is -0.369 e. The molecule has 0 aliphatic heterocycles. The van der Waals surface area contributed by atoms with Crippen LogP contribution < -0.4 is 16.8 Å². The highest BCUT2D eigenvalue weighted by molar-refractivity contribution is 5.80. The molecule has 0 bridgehead atoms. The Balaban J connectivity index is 3.76. The highest BCUT2D eigenvalue weighted by Gasteiger charge is 2.13. The van der Waals surface area contributed by atoms with Crippen LogP contribution in [0, 0.1) is 11.8 Å². The van der Waals surface area contributed by atoms with Crippen LogP contribution in [0.2, 0.25) is 0 Å². The van der Waals surface area contributed by atoms with Gasteiger partial charge in [-0.1, -0.05) is 13.8 Å². The monoisotopic (exact) mass is 187 g/mol. The van der Waals surface area contributed by atoms with Gasteiger partial charge in [0.1, 0.15) is 0 Å². The fraction of sp³-hybridized carbons (Fsp3) is 0.750. The third kappa shape index (κ3) is 4.47. The Morgan fingerprint density at radius 3 is 2.23 bits per heavy atom. The van der Waals surface area contributed by atoms with E-state index in [0.717, 1.165) is 0 Å². The summed E-state index contributed by atoms with van der Waals surface area (Å²) in [4.78, 5) is 21.8. The molecule has 5 N–H and O–H groups in total. The van der Waals surface area contributed by atoms with Crippen LogP contribution in [0.4, 0.5) is 0 Å². The van der Waals surface area contributed by atoms with E-state index in [2.05, 4.69) is 5.32 Å². The van der Waals surface area contributed by atoms with Gasteiger partial charge in [0.05, 0.1) is 5.92 Å². The second kappa shape index (κ2) is 5.53. The molecule has 0 saturated carbocycles. The summed E-state index contributed by atoms with van der Waals surface area (Å²) in [5.41, 5.74) is 10.3. The van der Waals surface area contributed by atoms with Crippen molar-refractivity contribution in [3.8, 4) is 0 Å². The van der Waals surface area contributed by atoms with Gasteiger partial charge in [-0.15, -0.1) is 0 Å². The molecule has 0 fully saturated rings. The predicted octanol–water partition coefficient (Wildman–Crippen LogP) is -1.18. The molecule has 0 aliphatic rings. The first-order chi connectivity index (χ1) is 5.99. The van der Waals surface area contributed by atoms with Crippen LogP contribution in [0.3, 0.4) is 0 Å². The van der Waals surface area contributed by atoms with E-state index < -0.39 is 5.91 Å². The molecule has 0 aromatic rings. The van der Waals surface area contributed by atoms with Gasteiger partial charge in [0.15, 0.2) is 0 Å². The van der Waals surface area contributed by atoms with Crippen molar-refractivity contribution in [2.75, 3.05) is 13.1 Å². The van der Waals surface area contributed by atoms with Crippen molar-refractivity contribution < 1.29 is 9.59 Å². The van der Waals surface area contributed by atoms with Crippen molar-refractivity contribution in [2.45, 2.75) is 13.8 Å². The molecule has 2 atom stereocenters. The van der Waals surface area contributed by atoms with Crippen molar-refractivity contribution in [1.29, 1.82) is 0 Å². The number of carbonyl (C=O) groups excluding carboxylic acids is 2. The minimum absolute atomic E-state index is 0.143. The number of hydrogen-bond donors (Lipinski definition) is 3. The highest BCUT2D eigenvalue weighted by Crippen LogP contribution is 1.93. The lowest BCUT2D eigenvalue weighted by atomic mass is 10.1. The third-order valence-corrected chi connectivity index (χ3v) is 1.87. The lowest BCUT2D eigenvalue weighted by Gasteiger charge is -2.12. The van der Waals surface area contributed by atoms with Crippen molar-refractivity contribution in [3.63, 3.8) is 0 Å². The fourth-order valence-electron chi connectivity index (χ4n) is 0.636. The quantitative estimate of drug-likeness (QED) is 0.505. The average molecular weight is 187 g/mol. The van der Waals surface area contributed by atoms with Gasteiger partial charge in [0.2, 0.25) is 11.8 Å². The summed E-state index contributed by atoms with van der Waals surface area (Å²) in [6, 6.07) is 0. The Bertz CT molecular complexity index is 194. The second-order valence-corrected chi connectivity index (χ2v) is 3.19. The molecule has 0 saturated heterocycles. The molecule has 0 heterocycles. The first-order valence-corrected chi connectivity index (χ1v) is 4.26. The van der Waals surface area contributed by atoms with E-state index >= 15 is 0 Å². The number of carbonyl (C=O) groups is 2. The number of rotatable bonds is 5. The van der Waals surface area contributed by atoms with Gasteiger partial charge < -0.3 is 16.8 Å². The Morgan fingerprint density at radius 1 is 1.31 bits per heavy atom. The van der Waals surface area contributed by atoms with Gasteiger partial charge in [-0.05, 0) is 0 Å². The predicted molar refractivity (Wildman–Crippen MR) is 49.6 cm³/mol. The fourth-order valence-corrected chi connectivity index (χ4v) is 0.636.